The fourth-order valence-corrected chi connectivity index (χ4v) is 7.19. The van der Waals surface area contributed by atoms with Crippen molar-refractivity contribution in [2.24, 2.45) is 0 Å². The summed E-state index contributed by atoms with van der Waals surface area (Å²) in [4.78, 5) is 1.13. The molecule has 0 saturated heterocycles. The summed E-state index contributed by atoms with van der Waals surface area (Å²) in [6.45, 7) is 17.0. The summed E-state index contributed by atoms with van der Waals surface area (Å²) in [6.07, 6.45) is 32.1. The Balaban J connectivity index is 1.61. The third-order valence-electron chi connectivity index (χ3n) is 8.12. The fourth-order valence-electron chi connectivity index (χ4n) is 6.07. The predicted octanol–water partition coefficient (Wildman–Crippen LogP) is 11.5. The average Bonchev–Trinajstić information content (AvgIpc) is 3.27. The van der Waals surface area contributed by atoms with Crippen LogP contribution in [0.5, 0.6) is 0 Å². The highest BCUT2D eigenvalue weighted by molar-refractivity contribution is 8.03. The van der Waals surface area contributed by atoms with Gasteiger partial charge in [0.25, 0.3) is 0 Å². The van der Waals surface area contributed by atoms with E-state index in [9.17, 15) is 0 Å². The smallest absolute Gasteiger partial charge is 0.0226 e. The van der Waals surface area contributed by atoms with Crippen molar-refractivity contribution in [2.45, 2.75) is 46.0 Å². The molecule has 0 saturated carbocycles. The van der Waals surface area contributed by atoms with Gasteiger partial charge >= 0.3 is 0 Å². The van der Waals surface area contributed by atoms with Crippen molar-refractivity contribution >= 4 is 47.2 Å². The van der Waals surface area contributed by atoms with Crippen LogP contribution in [-0.2, 0) is 12.8 Å². The van der Waals surface area contributed by atoms with Crippen molar-refractivity contribution < 1.29 is 0 Å². The molecule has 2 aromatic carbocycles. The monoisotopic (exact) mass is 552 g/mol. The van der Waals surface area contributed by atoms with E-state index >= 15 is 0 Å². The molecule has 3 aliphatic carbocycles. The van der Waals surface area contributed by atoms with Crippen molar-refractivity contribution in [2.75, 3.05) is 5.75 Å². The van der Waals surface area contributed by atoms with Gasteiger partial charge in [0, 0.05) is 10.7 Å². The summed E-state index contributed by atoms with van der Waals surface area (Å²) >= 11 is 1.79. The van der Waals surface area contributed by atoms with Gasteiger partial charge in [-0.05, 0) is 119 Å². The second-order valence-electron chi connectivity index (χ2n) is 10.7. The predicted molar refractivity (Wildman–Crippen MR) is 187 cm³/mol. The zero-order valence-electron chi connectivity index (χ0n) is 24.5. The van der Waals surface area contributed by atoms with Crippen LogP contribution in [-0.4, -0.2) is 5.75 Å². The van der Waals surface area contributed by atoms with Crippen LogP contribution in [0.25, 0.3) is 35.5 Å². The number of thioether (sulfide) groups is 1. The zero-order valence-corrected chi connectivity index (χ0v) is 25.3. The molecule has 41 heavy (non-hydrogen) atoms. The van der Waals surface area contributed by atoms with Crippen LogP contribution >= 0.6 is 11.8 Å². The van der Waals surface area contributed by atoms with Crippen LogP contribution in [0.4, 0.5) is 0 Å². The van der Waals surface area contributed by atoms with Gasteiger partial charge in [-0.3, -0.25) is 0 Å². The SMILES string of the molecule is C=C/C(=C(/SC/C=C\C)C(=C)C(=C)/C=C\C)c1cccc(C2=Cc3c4c(c5c(c3CC2)CCC=C5)C=CCC=C4)c1. The van der Waals surface area contributed by atoms with Gasteiger partial charge in [0.15, 0.2) is 0 Å². The molecule has 0 N–H and O–H groups in total. The molecule has 2 aromatic rings. The van der Waals surface area contributed by atoms with Crippen LogP contribution in [0.3, 0.4) is 0 Å². The van der Waals surface area contributed by atoms with Crippen molar-refractivity contribution in [3.63, 3.8) is 0 Å². The summed E-state index contributed by atoms with van der Waals surface area (Å²) in [5.74, 6) is 0.875. The second-order valence-corrected chi connectivity index (χ2v) is 11.7. The van der Waals surface area contributed by atoms with Gasteiger partial charge in [-0.1, -0.05) is 111 Å². The number of benzene rings is 2. The number of hydrogen-bond acceptors (Lipinski definition) is 1. The van der Waals surface area contributed by atoms with Crippen molar-refractivity contribution in [1.82, 2.24) is 0 Å². The van der Waals surface area contributed by atoms with Gasteiger partial charge in [-0.25, -0.2) is 0 Å². The minimum atomic E-state index is 0.875. The maximum absolute atomic E-state index is 4.44. The summed E-state index contributed by atoms with van der Waals surface area (Å²) in [7, 11) is 0. The maximum atomic E-state index is 4.44. The third kappa shape index (κ3) is 5.97. The molecule has 0 amide bonds. The Kier molecular flexibility index (Phi) is 9.27. The minimum absolute atomic E-state index is 0.875. The molecular weight excluding hydrogens is 513 g/mol. The van der Waals surface area contributed by atoms with Crippen molar-refractivity contribution in [3.8, 4) is 0 Å². The Morgan fingerprint density at radius 1 is 0.878 bits per heavy atom. The summed E-state index contributed by atoms with van der Waals surface area (Å²) in [5.41, 5.74) is 15.6. The standard InChI is InChI=1S/C40H40S/c1-6-9-25-41-40(29(5)28(4)16-7-2)33(8-3)32-18-15-17-30(26-32)31-23-24-38-36-22-14-13-21-34(36)35-19-11-10-12-20-37(35)39(38)27-31/h6-9,11-13,15-21,26-27H,3-5,10,14,22-25H2,1-2H3/b9-6-,16-7-,40-33-. The lowest BCUT2D eigenvalue weighted by molar-refractivity contribution is 0.910. The highest BCUT2D eigenvalue weighted by Crippen LogP contribution is 2.42. The summed E-state index contributed by atoms with van der Waals surface area (Å²) in [5, 5.41) is 0. The van der Waals surface area contributed by atoms with Gasteiger partial charge in [-0.15, -0.1) is 11.8 Å². The molecule has 0 atom stereocenters. The van der Waals surface area contributed by atoms with E-state index < -0.39 is 0 Å². The molecule has 206 valence electrons. The molecule has 1 heteroatoms. The molecule has 3 aliphatic rings. The molecule has 0 heterocycles. The maximum Gasteiger partial charge on any atom is 0.0226 e. The van der Waals surface area contributed by atoms with E-state index in [0.29, 0.717) is 0 Å². The second kappa shape index (κ2) is 13.2. The first-order valence-electron chi connectivity index (χ1n) is 14.7. The van der Waals surface area contributed by atoms with Gasteiger partial charge in [0.1, 0.15) is 0 Å². The van der Waals surface area contributed by atoms with E-state index in [4.69, 9.17) is 0 Å². The zero-order chi connectivity index (χ0) is 28.8. The van der Waals surface area contributed by atoms with E-state index in [2.05, 4.69) is 106 Å². The molecular formula is C40H40S. The molecule has 0 aliphatic heterocycles. The first kappa shape index (κ1) is 28.7. The first-order chi connectivity index (χ1) is 20.1. The molecule has 0 aromatic heterocycles. The van der Waals surface area contributed by atoms with E-state index in [1.807, 2.05) is 25.2 Å². The Labute approximate surface area is 251 Å². The molecule has 0 nitrogen and oxygen atoms in total. The van der Waals surface area contributed by atoms with E-state index in [0.717, 1.165) is 59.5 Å². The summed E-state index contributed by atoms with van der Waals surface area (Å²) in [6, 6.07) is 8.98. The van der Waals surface area contributed by atoms with Crippen LogP contribution < -0.4 is 0 Å². The van der Waals surface area contributed by atoms with E-state index in [1.54, 1.807) is 22.9 Å². The van der Waals surface area contributed by atoms with Crippen LogP contribution in [0.15, 0.2) is 109 Å². The van der Waals surface area contributed by atoms with E-state index in [-0.39, 0.29) is 0 Å². The Hall–Kier alpha value is -3.81. The van der Waals surface area contributed by atoms with Gasteiger partial charge in [0.05, 0.1) is 0 Å². The van der Waals surface area contributed by atoms with Crippen molar-refractivity contribution in [1.29, 1.82) is 0 Å². The molecule has 0 radical (unpaired) electrons. The molecule has 0 bridgehead atoms. The quantitative estimate of drug-likeness (QED) is 0.220. The van der Waals surface area contributed by atoms with E-state index in [1.165, 1.54) is 39.0 Å². The number of allylic oxidation sites excluding steroid dienone is 11. The Morgan fingerprint density at radius 2 is 1.63 bits per heavy atom. The highest BCUT2D eigenvalue weighted by Gasteiger charge is 2.24. The molecule has 0 fully saturated rings. The Bertz CT molecular complexity index is 1610. The first-order valence-corrected chi connectivity index (χ1v) is 15.7. The topological polar surface area (TPSA) is 0 Å². The lowest BCUT2D eigenvalue weighted by Crippen LogP contribution is -2.11. The third-order valence-corrected chi connectivity index (χ3v) is 9.23. The number of hydrogen-bond donors (Lipinski definition) is 0. The summed E-state index contributed by atoms with van der Waals surface area (Å²) < 4.78 is 0. The minimum Gasteiger partial charge on any atom is -0.121 e. The Morgan fingerprint density at radius 3 is 2.39 bits per heavy atom. The highest BCUT2D eigenvalue weighted by atomic mass is 32.2. The van der Waals surface area contributed by atoms with Gasteiger partial charge in [0.2, 0.25) is 0 Å². The van der Waals surface area contributed by atoms with Crippen LogP contribution in [0, 0.1) is 0 Å². The average molecular weight is 553 g/mol. The van der Waals surface area contributed by atoms with Gasteiger partial charge < -0.3 is 0 Å². The number of fused-ring (bicyclic) bond motifs is 6. The van der Waals surface area contributed by atoms with Gasteiger partial charge in [-0.2, -0.15) is 0 Å². The fraction of sp³-hybridized carbons (Fsp3) is 0.200. The lowest BCUT2D eigenvalue weighted by atomic mass is 9.77. The van der Waals surface area contributed by atoms with Crippen LogP contribution in [0.1, 0.15) is 77.6 Å². The van der Waals surface area contributed by atoms with Crippen LogP contribution in [0.2, 0.25) is 0 Å². The van der Waals surface area contributed by atoms with Crippen molar-refractivity contribution in [3.05, 3.63) is 153 Å². The number of rotatable bonds is 9. The molecule has 5 rings (SSSR count). The largest absolute Gasteiger partial charge is 0.121 e. The normalized spacial score (nSPS) is 16.1. The molecule has 0 unspecified atom stereocenters. The molecule has 0 spiro atoms. The lowest BCUT2D eigenvalue weighted by Gasteiger charge is -2.27.